The molecule has 1 fully saturated rings. The zero-order valence-electron chi connectivity index (χ0n) is 15.8. The molecular formula is C22H21ClN4O2. The van der Waals surface area contributed by atoms with Gasteiger partial charge in [-0.3, -0.25) is 9.59 Å². The molecule has 2 aromatic carbocycles. The molecule has 0 spiro atoms. The summed E-state index contributed by atoms with van der Waals surface area (Å²) in [5, 5.41) is 0.616. The third kappa shape index (κ3) is 4.49. The van der Waals surface area contributed by atoms with Gasteiger partial charge in [-0.1, -0.05) is 29.8 Å². The highest BCUT2D eigenvalue weighted by atomic mass is 35.5. The lowest BCUT2D eigenvalue weighted by molar-refractivity contribution is -0.130. The second kappa shape index (κ2) is 8.49. The van der Waals surface area contributed by atoms with Gasteiger partial charge in [-0.25, -0.2) is 4.98 Å². The van der Waals surface area contributed by atoms with Crippen LogP contribution in [0.2, 0.25) is 5.02 Å². The van der Waals surface area contributed by atoms with Crippen LogP contribution in [0, 0.1) is 0 Å². The van der Waals surface area contributed by atoms with E-state index in [1.807, 2.05) is 23.1 Å². The van der Waals surface area contributed by atoms with E-state index in [1.165, 1.54) is 6.20 Å². The van der Waals surface area contributed by atoms with Crippen LogP contribution in [0.5, 0.6) is 0 Å². The van der Waals surface area contributed by atoms with Gasteiger partial charge in [0.25, 0.3) is 5.56 Å². The van der Waals surface area contributed by atoms with Crippen molar-refractivity contribution in [3.8, 4) is 11.4 Å². The topological polar surface area (TPSA) is 69.3 Å². The van der Waals surface area contributed by atoms with Gasteiger partial charge in [0.05, 0.1) is 6.42 Å². The molecule has 148 valence electrons. The number of nitrogens with zero attached hydrogens (tertiary/aromatic N) is 3. The molecule has 0 aliphatic carbocycles. The zero-order valence-corrected chi connectivity index (χ0v) is 16.6. The minimum absolute atomic E-state index is 0.0502. The van der Waals surface area contributed by atoms with E-state index in [4.69, 9.17) is 11.6 Å². The summed E-state index contributed by atoms with van der Waals surface area (Å²) < 4.78 is 0. The van der Waals surface area contributed by atoms with E-state index in [-0.39, 0.29) is 17.9 Å². The first-order chi connectivity index (χ1) is 14.1. The monoisotopic (exact) mass is 408 g/mol. The molecule has 1 aromatic heterocycles. The van der Waals surface area contributed by atoms with Crippen LogP contribution in [0.1, 0.15) is 5.56 Å². The van der Waals surface area contributed by atoms with Crippen molar-refractivity contribution in [3.05, 3.63) is 81.7 Å². The number of aromatic nitrogens is 2. The van der Waals surface area contributed by atoms with Crippen molar-refractivity contribution in [1.82, 2.24) is 14.9 Å². The summed E-state index contributed by atoms with van der Waals surface area (Å²) in [7, 11) is 0. The molecule has 29 heavy (non-hydrogen) atoms. The maximum absolute atomic E-state index is 12.7. The van der Waals surface area contributed by atoms with Crippen LogP contribution in [-0.2, 0) is 11.2 Å². The average Bonchev–Trinajstić information content (AvgIpc) is 2.76. The molecule has 1 saturated heterocycles. The van der Waals surface area contributed by atoms with Gasteiger partial charge in [0.2, 0.25) is 5.91 Å². The van der Waals surface area contributed by atoms with Gasteiger partial charge in [-0.15, -0.1) is 0 Å². The number of carbonyl (C=O) groups is 1. The number of H-pyrrole nitrogens is 1. The minimum Gasteiger partial charge on any atom is -0.368 e. The number of piperazine rings is 1. The van der Waals surface area contributed by atoms with Gasteiger partial charge in [-0.05, 0) is 36.4 Å². The molecule has 3 aromatic rings. The number of halogens is 1. The van der Waals surface area contributed by atoms with Gasteiger partial charge in [0, 0.05) is 54.2 Å². The van der Waals surface area contributed by atoms with E-state index in [0.717, 1.165) is 24.3 Å². The maximum atomic E-state index is 12.7. The highest BCUT2D eigenvalue weighted by molar-refractivity contribution is 6.30. The molecule has 0 radical (unpaired) electrons. The van der Waals surface area contributed by atoms with Gasteiger partial charge < -0.3 is 14.8 Å². The predicted octanol–water partition coefficient (Wildman–Crippen LogP) is 2.98. The van der Waals surface area contributed by atoms with Crippen molar-refractivity contribution in [2.75, 3.05) is 31.1 Å². The van der Waals surface area contributed by atoms with Crippen molar-refractivity contribution in [3.63, 3.8) is 0 Å². The fraction of sp³-hybridized carbons (Fsp3) is 0.227. The number of nitrogens with one attached hydrogen (secondary N) is 1. The lowest BCUT2D eigenvalue weighted by Crippen LogP contribution is -2.49. The Morgan fingerprint density at radius 2 is 1.69 bits per heavy atom. The summed E-state index contributed by atoms with van der Waals surface area (Å²) in [4.78, 5) is 36.2. The maximum Gasteiger partial charge on any atom is 0.254 e. The summed E-state index contributed by atoms with van der Waals surface area (Å²) in [5.74, 6) is 0.406. The van der Waals surface area contributed by atoms with Crippen LogP contribution in [0.4, 0.5) is 5.69 Å². The van der Waals surface area contributed by atoms with Gasteiger partial charge in [0.1, 0.15) is 5.82 Å². The fourth-order valence-electron chi connectivity index (χ4n) is 3.43. The first-order valence-electron chi connectivity index (χ1n) is 9.52. The van der Waals surface area contributed by atoms with E-state index < -0.39 is 0 Å². The largest absolute Gasteiger partial charge is 0.368 e. The second-order valence-corrected chi connectivity index (χ2v) is 7.41. The molecule has 6 nitrogen and oxygen atoms in total. The molecular weight excluding hydrogens is 388 g/mol. The molecule has 1 amide bonds. The first kappa shape index (κ1) is 19.2. The van der Waals surface area contributed by atoms with Crippen LogP contribution in [0.15, 0.2) is 65.6 Å². The van der Waals surface area contributed by atoms with Crippen LogP contribution in [0.25, 0.3) is 11.4 Å². The van der Waals surface area contributed by atoms with E-state index in [2.05, 4.69) is 27.0 Å². The smallest absolute Gasteiger partial charge is 0.254 e. The summed E-state index contributed by atoms with van der Waals surface area (Å²) in [6.45, 7) is 2.84. The molecule has 0 atom stereocenters. The van der Waals surface area contributed by atoms with Crippen molar-refractivity contribution in [2.24, 2.45) is 0 Å². The number of hydrogen-bond acceptors (Lipinski definition) is 4. The molecule has 0 bridgehead atoms. The number of aromatic amines is 1. The van der Waals surface area contributed by atoms with E-state index in [0.29, 0.717) is 29.5 Å². The second-order valence-electron chi connectivity index (χ2n) is 6.97. The molecule has 4 rings (SSSR count). The van der Waals surface area contributed by atoms with Gasteiger partial charge in [-0.2, -0.15) is 0 Å². The summed E-state index contributed by atoms with van der Waals surface area (Å²) in [6, 6.07) is 17.2. The lowest BCUT2D eigenvalue weighted by Gasteiger charge is -2.36. The third-order valence-corrected chi connectivity index (χ3v) is 5.34. The van der Waals surface area contributed by atoms with Gasteiger partial charge in [0.15, 0.2) is 0 Å². The number of rotatable bonds is 4. The Kier molecular flexibility index (Phi) is 5.62. The summed E-state index contributed by atoms with van der Waals surface area (Å²) >= 11 is 5.89. The first-order valence-corrected chi connectivity index (χ1v) is 9.90. The van der Waals surface area contributed by atoms with Crippen molar-refractivity contribution < 1.29 is 4.79 Å². The number of hydrogen-bond donors (Lipinski definition) is 1. The normalized spacial score (nSPS) is 14.1. The van der Waals surface area contributed by atoms with E-state index in [9.17, 15) is 9.59 Å². The minimum atomic E-state index is -0.291. The zero-order chi connectivity index (χ0) is 20.2. The van der Waals surface area contributed by atoms with Crippen LogP contribution < -0.4 is 10.5 Å². The Bertz CT molecular complexity index is 1040. The number of anilines is 1. The average molecular weight is 409 g/mol. The number of amides is 1. The molecule has 0 unspecified atom stereocenters. The Labute approximate surface area is 173 Å². The molecule has 2 heterocycles. The summed E-state index contributed by atoms with van der Waals surface area (Å²) in [5.41, 5.74) is 2.01. The molecule has 1 aliphatic rings. The van der Waals surface area contributed by atoms with Crippen molar-refractivity contribution in [2.45, 2.75) is 6.42 Å². The number of carbonyl (C=O) groups excluding carboxylic acids is 1. The van der Waals surface area contributed by atoms with E-state index in [1.54, 1.807) is 24.3 Å². The summed E-state index contributed by atoms with van der Waals surface area (Å²) in [6.07, 6.45) is 1.54. The Morgan fingerprint density at radius 1 is 1.00 bits per heavy atom. The third-order valence-electron chi connectivity index (χ3n) is 5.09. The lowest BCUT2D eigenvalue weighted by atomic mass is 10.1. The highest BCUT2D eigenvalue weighted by Gasteiger charge is 2.22. The van der Waals surface area contributed by atoms with Crippen LogP contribution >= 0.6 is 11.6 Å². The Balaban J connectivity index is 1.39. The fourth-order valence-corrected chi connectivity index (χ4v) is 3.56. The molecule has 1 aliphatic heterocycles. The number of benzene rings is 2. The molecule has 1 N–H and O–H groups in total. The Morgan fingerprint density at radius 3 is 2.34 bits per heavy atom. The van der Waals surface area contributed by atoms with E-state index >= 15 is 0 Å². The van der Waals surface area contributed by atoms with Crippen LogP contribution in [0.3, 0.4) is 0 Å². The van der Waals surface area contributed by atoms with Crippen LogP contribution in [-0.4, -0.2) is 47.0 Å². The highest BCUT2D eigenvalue weighted by Crippen LogP contribution is 2.18. The van der Waals surface area contributed by atoms with Gasteiger partial charge >= 0.3 is 0 Å². The Hall–Kier alpha value is -3.12. The standard InChI is InChI=1S/C22H21ClN4O2/c23-18-8-6-16(7-9-18)21-24-15-17(22(29)25-21)14-20(28)27-12-10-26(11-13-27)19-4-2-1-3-5-19/h1-9,15H,10-14H2,(H,24,25,29). The van der Waals surface area contributed by atoms with Crippen molar-refractivity contribution >= 4 is 23.2 Å². The molecule has 7 heteroatoms. The quantitative estimate of drug-likeness (QED) is 0.720. The SMILES string of the molecule is O=C(Cc1cnc(-c2ccc(Cl)cc2)[nH]c1=O)N1CCN(c2ccccc2)CC1. The van der Waals surface area contributed by atoms with Crippen molar-refractivity contribution in [1.29, 1.82) is 0 Å². The predicted molar refractivity (Wildman–Crippen MR) is 114 cm³/mol. The number of para-hydroxylation sites is 1. The molecule has 0 saturated carbocycles.